The van der Waals surface area contributed by atoms with Gasteiger partial charge in [-0.2, -0.15) is 0 Å². The predicted octanol–water partition coefficient (Wildman–Crippen LogP) is 4.86. The summed E-state index contributed by atoms with van der Waals surface area (Å²) in [6, 6.07) is 25.5. The lowest BCUT2D eigenvalue weighted by molar-refractivity contribution is -0.115. The molecule has 0 radical (unpaired) electrons. The molecule has 3 rings (SSSR count). The molecular formula is C25H28N2O4S2. The average molecular weight is 485 g/mol. The van der Waals surface area contributed by atoms with E-state index in [4.69, 9.17) is 4.74 Å². The first-order valence-corrected chi connectivity index (χ1v) is 13.1. The number of nitrogens with one attached hydrogen (secondary N) is 2. The van der Waals surface area contributed by atoms with Crippen LogP contribution >= 0.6 is 11.8 Å². The molecule has 0 fully saturated rings. The number of hydrogen-bond donors (Lipinski definition) is 2. The van der Waals surface area contributed by atoms with Crippen molar-refractivity contribution < 1.29 is 17.9 Å². The lowest BCUT2D eigenvalue weighted by Crippen LogP contribution is -2.25. The molecule has 0 aromatic heterocycles. The van der Waals surface area contributed by atoms with Gasteiger partial charge < -0.3 is 10.1 Å². The first-order chi connectivity index (χ1) is 16.0. The fraction of sp³-hybridized carbons (Fsp3) is 0.240. The van der Waals surface area contributed by atoms with Crippen molar-refractivity contribution in [2.24, 2.45) is 0 Å². The summed E-state index contributed by atoms with van der Waals surface area (Å²) in [7, 11) is -3.62. The number of carbonyl (C=O) groups excluding carboxylic acids is 1. The van der Waals surface area contributed by atoms with Crippen LogP contribution in [0.2, 0.25) is 0 Å². The van der Waals surface area contributed by atoms with Crippen LogP contribution in [-0.4, -0.2) is 34.1 Å². The second kappa shape index (κ2) is 12.6. The molecule has 33 heavy (non-hydrogen) atoms. The first-order valence-electron chi connectivity index (χ1n) is 10.7. The minimum atomic E-state index is -3.62. The van der Waals surface area contributed by atoms with Crippen LogP contribution in [-0.2, 0) is 19.6 Å². The summed E-state index contributed by atoms with van der Waals surface area (Å²) >= 11 is 1.46. The highest BCUT2D eigenvalue weighted by atomic mass is 32.2. The van der Waals surface area contributed by atoms with E-state index in [2.05, 4.69) is 10.0 Å². The number of thioether (sulfide) groups is 1. The van der Waals surface area contributed by atoms with Gasteiger partial charge in [-0.05, 0) is 55.3 Å². The second-order valence-electron chi connectivity index (χ2n) is 7.18. The van der Waals surface area contributed by atoms with Crippen molar-refractivity contribution in [2.75, 3.05) is 25.1 Å². The standard InChI is InChI=1S/C25H28N2O4S2/c1-2-31-19-9-18-26-33(29,30)23-16-14-21(15-17-23)27-25(28)24(20-10-5-3-6-11-20)32-22-12-7-4-8-13-22/h3-8,10-17,24,26H,2,9,18-19H2,1H3,(H,27,28). The molecule has 3 aromatic rings. The minimum Gasteiger partial charge on any atom is -0.382 e. The number of amides is 1. The Balaban J connectivity index is 1.67. The van der Waals surface area contributed by atoms with Gasteiger partial charge in [-0.15, -0.1) is 11.8 Å². The van der Waals surface area contributed by atoms with Crippen LogP contribution in [0.4, 0.5) is 5.69 Å². The van der Waals surface area contributed by atoms with E-state index in [1.165, 1.54) is 23.9 Å². The van der Waals surface area contributed by atoms with Crippen LogP contribution in [0, 0.1) is 0 Å². The van der Waals surface area contributed by atoms with Gasteiger partial charge in [0.25, 0.3) is 0 Å². The van der Waals surface area contributed by atoms with Crippen LogP contribution in [0.15, 0.2) is 94.7 Å². The summed E-state index contributed by atoms with van der Waals surface area (Å²) in [4.78, 5) is 14.3. The zero-order valence-electron chi connectivity index (χ0n) is 18.4. The Morgan fingerprint density at radius 2 is 1.58 bits per heavy atom. The number of hydrogen-bond acceptors (Lipinski definition) is 5. The van der Waals surface area contributed by atoms with E-state index in [1.54, 1.807) is 12.1 Å². The zero-order chi connectivity index (χ0) is 23.5. The Morgan fingerprint density at radius 3 is 2.21 bits per heavy atom. The molecule has 0 heterocycles. The number of carbonyl (C=O) groups is 1. The van der Waals surface area contributed by atoms with Gasteiger partial charge in [0, 0.05) is 30.3 Å². The van der Waals surface area contributed by atoms with Gasteiger partial charge in [-0.1, -0.05) is 48.5 Å². The largest absolute Gasteiger partial charge is 0.382 e. The monoisotopic (exact) mass is 484 g/mol. The summed E-state index contributed by atoms with van der Waals surface area (Å²) in [6.07, 6.45) is 0.598. The summed E-state index contributed by atoms with van der Waals surface area (Å²) in [5, 5.41) is 2.46. The van der Waals surface area contributed by atoms with Crippen molar-refractivity contribution in [1.29, 1.82) is 0 Å². The van der Waals surface area contributed by atoms with E-state index in [-0.39, 0.29) is 10.8 Å². The first kappa shape index (κ1) is 25.0. The molecule has 1 unspecified atom stereocenters. The predicted molar refractivity (Wildman–Crippen MR) is 133 cm³/mol. The van der Waals surface area contributed by atoms with Gasteiger partial charge in [-0.25, -0.2) is 13.1 Å². The quantitative estimate of drug-likeness (QED) is 0.283. The van der Waals surface area contributed by atoms with Gasteiger partial charge in [0.2, 0.25) is 15.9 Å². The molecule has 0 saturated carbocycles. The van der Waals surface area contributed by atoms with Crippen molar-refractivity contribution >= 4 is 33.4 Å². The SMILES string of the molecule is CCOCCCNS(=O)(=O)c1ccc(NC(=O)C(Sc2ccccc2)c2ccccc2)cc1. The summed E-state index contributed by atoms with van der Waals surface area (Å²) in [6.45, 7) is 3.31. The second-order valence-corrected chi connectivity index (χ2v) is 10.1. The van der Waals surface area contributed by atoms with Gasteiger partial charge in [-0.3, -0.25) is 4.79 Å². The third-order valence-electron chi connectivity index (χ3n) is 4.73. The number of rotatable bonds is 12. The van der Waals surface area contributed by atoms with E-state index in [0.717, 1.165) is 10.5 Å². The van der Waals surface area contributed by atoms with E-state index in [1.807, 2.05) is 67.6 Å². The molecule has 0 aliphatic heterocycles. The van der Waals surface area contributed by atoms with Crippen molar-refractivity contribution in [3.8, 4) is 0 Å². The lowest BCUT2D eigenvalue weighted by Gasteiger charge is -2.17. The summed E-state index contributed by atoms with van der Waals surface area (Å²) in [5.41, 5.74) is 1.42. The van der Waals surface area contributed by atoms with Gasteiger partial charge in [0.15, 0.2) is 0 Å². The van der Waals surface area contributed by atoms with Gasteiger partial charge in [0.1, 0.15) is 5.25 Å². The average Bonchev–Trinajstić information content (AvgIpc) is 2.84. The molecular weight excluding hydrogens is 456 g/mol. The number of sulfonamides is 1. The molecule has 6 nitrogen and oxygen atoms in total. The molecule has 0 aliphatic carbocycles. The third kappa shape index (κ3) is 7.71. The summed E-state index contributed by atoms with van der Waals surface area (Å²) in [5.74, 6) is -0.181. The van der Waals surface area contributed by atoms with Crippen LogP contribution in [0.3, 0.4) is 0 Å². The molecule has 174 valence electrons. The highest BCUT2D eigenvalue weighted by molar-refractivity contribution is 8.00. The van der Waals surface area contributed by atoms with Crippen molar-refractivity contribution in [3.05, 3.63) is 90.5 Å². The fourth-order valence-electron chi connectivity index (χ4n) is 3.07. The maximum absolute atomic E-state index is 13.2. The highest BCUT2D eigenvalue weighted by Gasteiger charge is 2.22. The van der Waals surface area contributed by atoms with Gasteiger partial charge in [0.05, 0.1) is 4.90 Å². The Morgan fingerprint density at radius 1 is 0.939 bits per heavy atom. The molecule has 8 heteroatoms. The Bertz CT molecular complexity index is 1110. The van der Waals surface area contributed by atoms with Crippen molar-refractivity contribution in [3.63, 3.8) is 0 Å². The Kier molecular flexibility index (Phi) is 9.50. The molecule has 3 aromatic carbocycles. The number of ether oxygens (including phenoxy) is 1. The number of benzene rings is 3. The van der Waals surface area contributed by atoms with Crippen LogP contribution < -0.4 is 10.0 Å². The fourth-order valence-corrected chi connectivity index (χ4v) is 5.19. The molecule has 0 spiro atoms. The van der Waals surface area contributed by atoms with Crippen molar-refractivity contribution in [1.82, 2.24) is 4.72 Å². The van der Waals surface area contributed by atoms with E-state index in [0.29, 0.717) is 31.9 Å². The van der Waals surface area contributed by atoms with Crippen LogP contribution in [0.1, 0.15) is 24.2 Å². The lowest BCUT2D eigenvalue weighted by atomic mass is 10.1. The molecule has 0 saturated heterocycles. The van der Waals surface area contributed by atoms with Gasteiger partial charge >= 0.3 is 0 Å². The Labute approximate surface area is 199 Å². The highest BCUT2D eigenvalue weighted by Crippen LogP contribution is 2.36. The van der Waals surface area contributed by atoms with E-state index >= 15 is 0 Å². The van der Waals surface area contributed by atoms with Crippen LogP contribution in [0.5, 0.6) is 0 Å². The maximum atomic E-state index is 13.2. The zero-order valence-corrected chi connectivity index (χ0v) is 20.1. The van der Waals surface area contributed by atoms with Crippen molar-refractivity contribution in [2.45, 2.75) is 28.4 Å². The third-order valence-corrected chi connectivity index (χ3v) is 7.47. The topological polar surface area (TPSA) is 84.5 Å². The van der Waals surface area contributed by atoms with E-state index < -0.39 is 15.3 Å². The molecule has 2 N–H and O–H groups in total. The summed E-state index contributed by atoms with van der Waals surface area (Å²) < 4.78 is 32.7. The Hall–Kier alpha value is -2.65. The van der Waals surface area contributed by atoms with E-state index in [9.17, 15) is 13.2 Å². The number of anilines is 1. The van der Waals surface area contributed by atoms with Crippen LogP contribution in [0.25, 0.3) is 0 Å². The molecule has 1 atom stereocenters. The smallest absolute Gasteiger partial charge is 0.242 e. The molecule has 0 aliphatic rings. The molecule has 0 bridgehead atoms. The maximum Gasteiger partial charge on any atom is 0.242 e. The molecule has 1 amide bonds. The minimum absolute atomic E-state index is 0.148. The normalized spacial score (nSPS) is 12.3.